The number of likely N-dealkylation sites (tertiary alicyclic amines) is 1. The first-order valence-electron chi connectivity index (χ1n) is 6.53. The molecule has 0 amide bonds. The summed E-state index contributed by atoms with van der Waals surface area (Å²) in [5.41, 5.74) is 1.16. The van der Waals surface area contributed by atoms with E-state index in [2.05, 4.69) is 41.2 Å². The lowest BCUT2D eigenvalue weighted by Crippen LogP contribution is -2.38. The van der Waals surface area contributed by atoms with Crippen molar-refractivity contribution >= 4 is 5.82 Å². The minimum Gasteiger partial charge on any atom is -0.373 e. The highest BCUT2D eigenvalue weighted by Crippen LogP contribution is 2.22. The zero-order valence-electron chi connectivity index (χ0n) is 11.1. The van der Waals surface area contributed by atoms with Crippen LogP contribution in [0.4, 0.5) is 5.82 Å². The fraction of sp³-hybridized carbons (Fsp3) is 0.643. The van der Waals surface area contributed by atoms with Crippen molar-refractivity contribution in [3.63, 3.8) is 0 Å². The molecule has 2 heterocycles. The van der Waals surface area contributed by atoms with Crippen molar-refractivity contribution < 1.29 is 0 Å². The molecule has 1 saturated heterocycles. The number of anilines is 1. The van der Waals surface area contributed by atoms with E-state index in [9.17, 15) is 0 Å². The maximum atomic E-state index is 4.58. The molecule has 94 valence electrons. The van der Waals surface area contributed by atoms with E-state index in [1.54, 1.807) is 0 Å². The molecule has 3 heteroatoms. The first-order valence-corrected chi connectivity index (χ1v) is 6.53. The second-order valence-electron chi connectivity index (χ2n) is 5.40. The van der Waals surface area contributed by atoms with Crippen molar-refractivity contribution in [2.24, 2.45) is 11.8 Å². The van der Waals surface area contributed by atoms with Gasteiger partial charge in [0.15, 0.2) is 0 Å². The zero-order chi connectivity index (χ0) is 12.3. The van der Waals surface area contributed by atoms with Gasteiger partial charge in [0.05, 0.1) is 5.69 Å². The normalized spacial score (nSPS) is 25.8. The molecular weight excluding hydrogens is 210 g/mol. The Labute approximate surface area is 104 Å². The number of hydrogen-bond acceptors (Lipinski definition) is 3. The summed E-state index contributed by atoms with van der Waals surface area (Å²) in [7, 11) is 1.91. The second-order valence-corrected chi connectivity index (χ2v) is 5.40. The van der Waals surface area contributed by atoms with Crippen LogP contribution in [-0.4, -0.2) is 30.0 Å². The number of pyridine rings is 1. The van der Waals surface area contributed by atoms with Crippen LogP contribution in [0.1, 0.15) is 26.0 Å². The number of hydrogen-bond donors (Lipinski definition) is 1. The van der Waals surface area contributed by atoms with E-state index in [0.717, 1.165) is 29.9 Å². The van der Waals surface area contributed by atoms with Gasteiger partial charge in [0.2, 0.25) is 0 Å². The monoisotopic (exact) mass is 233 g/mol. The number of nitrogens with zero attached hydrogens (tertiary/aromatic N) is 2. The summed E-state index contributed by atoms with van der Waals surface area (Å²) in [6.07, 6.45) is 1.36. The van der Waals surface area contributed by atoms with E-state index >= 15 is 0 Å². The summed E-state index contributed by atoms with van der Waals surface area (Å²) in [4.78, 5) is 7.11. The summed E-state index contributed by atoms with van der Waals surface area (Å²) in [6, 6.07) is 6.20. The van der Waals surface area contributed by atoms with Gasteiger partial charge < -0.3 is 5.32 Å². The van der Waals surface area contributed by atoms with Crippen molar-refractivity contribution in [3.05, 3.63) is 23.9 Å². The first kappa shape index (κ1) is 12.4. The lowest BCUT2D eigenvalue weighted by molar-refractivity contribution is 0.133. The number of nitrogens with one attached hydrogen (secondary N) is 1. The van der Waals surface area contributed by atoms with Crippen LogP contribution in [0.15, 0.2) is 18.2 Å². The highest BCUT2D eigenvalue weighted by atomic mass is 15.1. The van der Waals surface area contributed by atoms with Crippen molar-refractivity contribution in [2.45, 2.75) is 26.8 Å². The molecule has 1 aromatic rings. The third-order valence-corrected chi connectivity index (χ3v) is 3.39. The Morgan fingerprint density at radius 3 is 2.65 bits per heavy atom. The van der Waals surface area contributed by atoms with Gasteiger partial charge in [0.1, 0.15) is 5.82 Å². The smallest absolute Gasteiger partial charge is 0.126 e. The molecule has 1 aliphatic rings. The van der Waals surface area contributed by atoms with Crippen LogP contribution in [0, 0.1) is 11.8 Å². The first-order chi connectivity index (χ1) is 8.17. The fourth-order valence-corrected chi connectivity index (χ4v) is 2.86. The van der Waals surface area contributed by atoms with E-state index in [4.69, 9.17) is 0 Å². The Morgan fingerprint density at radius 2 is 2.00 bits per heavy atom. The Morgan fingerprint density at radius 1 is 1.29 bits per heavy atom. The van der Waals surface area contributed by atoms with Gasteiger partial charge in [0.25, 0.3) is 0 Å². The standard InChI is InChI=1S/C14H23N3/c1-11-7-12(2)9-17(8-11)10-13-5-4-6-14(15-3)16-13/h4-6,11-12H,7-10H2,1-3H3,(H,15,16). The molecule has 1 aromatic heterocycles. The summed E-state index contributed by atoms with van der Waals surface area (Å²) in [5.74, 6) is 2.58. The molecule has 2 unspecified atom stereocenters. The fourth-order valence-electron chi connectivity index (χ4n) is 2.86. The predicted octanol–water partition coefficient (Wildman–Crippen LogP) is 2.60. The molecule has 0 aliphatic carbocycles. The molecule has 2 rings (SSSR count). The molecular formula is C14H23N3. The molecule has 2 atom stereocenters. The van der Waals surface area contributed by atoms with Gasteiger partial charge in [0, 0.05) is 26.7 Å². The van der Waals surface area contributed by atoms with Gasteiger partial charge in [-0.15, -0.1) is 0 Å². The summed E-state index contributed by atoms with van der Waals surface area (Å²) in [6.45, 7) is 8.08. The van der Waals surface area contributed by atoms with Crippen LogP contribution < -0.4 is 5.32 Å². The van der Waals surface area contributed by atoms with Gasteiger partial charge in [-0.3, -0.25) is 4.90 Å². The average molecular weight is 233 g/mol. The number of piperidine rings is 1. The largest absolute Gasteiger partial charge is 0.373 e. The van der Waals surface area contributed by atoms with E-state index in [0.29, 0.717) is 0 Å². The quantitative estimate of drug-likeness (QED) is 0.870. The highest BCUT2D eigenvalue weighted by molar-refractivity contribution is 5.34. The van der Waals surface area contributed by atoms with E-state index in [-0.39, 0.29) is 0 Å². The van der Waals surface area contributed by atoms with Crippen LogP contribution in [0.3, 0.4) is 0 Å². The minimum atomic E-state index is 0.811. The van der Waals surface area contributed by atoms with Gasteiger partial charge >= 0.3 is 0 Å². The maximum Gasteiger partial charge on any atom is 0.126 e. The molecule has 0 bridgehead atoms. The Hall–Kier alpha value is -1.09. The molecule has 1 N–H and O–H groups in total. The van der Waals surface area contributed by atoms with Crippen molar-refractivity contribution in [2.75, 3.05) is 25.5 Å². The number of rotatable bonds is 3. The van der Waals surface area contributed by atoms with Crippen LogP contribution in [0.2, 0.25) is 0 Å². The van der Waals surface area contributed by atoms with Gasteiger partial charge in [-0.25, -0.2) is 4.98 Å². The molecule has 17 heavy (non-hydrogen) atoms. The van der Waals surface area contributed by atoms with Crippen molar-refractivity contribution in [1.82, 2.24) is 9.88 Å². The van der Waals surface area contributed by atoms with Gasteiger partial charge in [-0.05, 0) is 30.4 Å². The molecule has 0 spiro atoms. The van der Waals surface area contributed by atoms with Crippen LogP contribution >= 0.6 is 0 Å². The second kappa shape index (κ2) is 5.50. The van der Waals surface area contributed by atoms with Crippen LogP contribution in [0.25, 0.3) is 0 Å². The Balaban J connectivity index is 1.99. The van der Waals surface area contributed by atoms with Crippen LogP contribution in [-0.2, 0) is 6.54 Å². The molecule has 0 aromatic carbocycles. The lowest BCUT2D eigenvalue weighted by Gasteiger charge is -2.34. The SMILES string of the molecule is CNc1cccc(CN2CC(C)CC(C)C2)n1. The van der Waals surface area contributed by atoms with Crippen molar-refractivity contribution in [1.29, 1.82) is 0 Å². The highest BCUT2D eigenvalue weighted by Gasteiger charge is 2.21. The summed E-state index contributed by atoms with van der Waals surface area (Å²) in [5, 5.41) is 3.09. The topological polar surface area (TPSA) is 28.2 Å². The minimum absolute atomic E-state index is 0.811. The molecule has 0 saturated carbocycles. The van der Waals surface area contributed by atoms with Gasteiger partial charge in [-0.1, -0.05) is 19.9 Å². The molecule has 3 nitrogen and oxygen atoms in total. The molecule has 0 radical (unpaired) electrons. The summed E-state index contributed by atoms with van der Waals surface area (Å²) >= 11 is 0. The lowest BCUT2D eigenvalue weighted by atomic mass is 9.92. The molecule has 1 aliphatic heterocycles. The van der Waals surface area contributed by atoms with E-state index < -0.39 is 0 Å². The van der Waals surface area contributed by atoms with Crippen LogP contribution in [0.5, 0.6) is 0 Å². The number of aromatic nitrogens is 1. The maximum absolute atomic E-state index is 4.58. The third-order valence-electron chi connectivity index (χ3n) is 3.39. The zero-order valence-corrected chi connectivity index (χ0v) is 11.1. The Kier molecular flexibility index (Phi) is 4.00. The van der Waals surface area contributed by atoms with E-state index in [1.807, 2.05) is 13.1 Å². The summed E-state index contributed by atoms with van der Waals surface area (Å²) < 4.78 is 0. The third kappa shape index (κ3) is 3.43. The van der Waals surface area contributed by atoms with Crippen molar-refractivity contribution in [3.8, 4) is 0 Å². The van der Waals surface area contributed by atoms with Gasteiger partial charge in [-0.2, -0.15) is 0 Å². The predicted molar refractivity (Wildman–Crippen MR) is 72.0 cm³/mol. The molecule has 1 fully saturated rings. The average Bonchev–Trinajstić information content (AvgIpc) is 2.28. The van der Waals surface area contributed by atoms with E-state index in [1.165, 1.54) is 19.5 Å². The Bertz CT molecular complexity index is 354.